The lowest BCUT2D eigenvalue weighted by molar-refractivity contribution is -0.153. The topological polar surface area (TPSA) is 118 Å². The molecule has 1 aromatic carbocycles. The standard InChI is InChI=1S/C32H43N5O7/c1-30(2,3)42-28(39)34-16-22(17-34)35(29(40)43-31(4,5)6)18-23-14-24(33-44-23)25-15-32(12-13-32)26-19-36(25)27(38)37(26)41-20-21-10-8-7-9-11-21/h7-11,14,22,25-26H,12-13,15-20H2,1-6H3/t25-,26+/m0/s1. The van der Waals surface area contributed by atoms with Crippen LogP contribution in [0.4, 0.5) is 14.4 Å². The normalized spacial score (nSPS) is 22.7. The lowest BCUT2D eigenvalue weighted by atomic mass is 9.84. The number of carbonyl (C=O) groups is 3. The Hall–Kier alpha value is -3.80. The summed E-state index contributed by atoms with van der Waals surface area (Å²) in [5.74, 6) is 0.484. The molecule has 2 aromatic rings. The van der Waals surface area contributed by atoms with Gasteiger partial charge in [0.2, 0.25) is 0 Å². The quantitative estimate of drug-likeness (QED) is 0.404. The number of hydroxylamine groups is 2. The molecule has 44 heavy (non-hydrogen) atoms. The van der Waals surface area contributed by atoms with Crippen molar-refractivity contribution in [1.82, 2.24) is 24.9 Å². The number of hydrogen-bond donors (Lipinski definition) is 0. The number of fused-ring (bicyclic) bond motifs is 3. The van der Waals surface area contributed by atoms with Gasteiger partial charge in [0.15, 0.2) is 5.76 Å². The van der Waals surface area contributed by atoms with E-state index in [2.05, 4.69) is 5.16 Å². The molecule has 6 rings (SSSR count). The van der Waals surface area contributed by atoms with E-state index < -0.39 is 23.4 Å². The first-order valence-electron chi connectivity index (χ1n) is 15.4. The van der Waals surface area contributed by atoms with Crippen molar-refractivity contribution in [1.29, 1.82) is 0 Å². The number of rotatable bonds is 7. The molecule has 0 radical (unpaired) electrons. The molecule has 4 heterocycles. The smallest absolute Gasteiger partial charge is 0.411 e. The van der Waals surface area contributed by atoms with Crippen LogP contribution in [0.5, 0.6) is 0 Å². The predicted molar refractivity (Wildman–Crippen MR) is 158 cm³/mol. The summed E-state index contributed by atoms with van der Waals surface area (Å²) < 4.78 is 16.9. The summed E-state index contributed by atoms with van der Waals surface area (Å²) in [5, 5.41) is 5.97. The van der Waals surface area contributed by atoms with Gasteiger partial charge >= 0.3 is 18.2 Å². The Morgan fingerprint density at radius 2 is 1.70 bits per heavy atom. The van der Waals surface area contributed by atoms with Gasteiger partial charge in [0.05, 0.1) is 24.7 Å². The molecule has 3 aliphatic heterocycles. The van der Waals surface area contributed by atoms with Crippen molar-refractivity contribution in [3.63, 3.8) is 0 Å². The van der Waals surface area contributed by atoms with E-state index in [0.29, 0.717) is 37.7 Å². The molecular formula is C32H43N5O7. The molecule has 0 N–H and O–H groups in total. The van der Waals surface area contributed by atoms with Gasteiger partial charge in [0.25, 0.3) is 0 Å². The first-order chi connectivity index (χ1) is 20.7. The second-order valence-electron chi connectivity index (χ2n) is 14.5. The van der Waals surface area contributed by atoms with Crippen molar-refractivity contribution in [3.05, 3.63) is 53.4 Å². The molecule has 2 atom stereocenters. The van der Waals surface area contributed by atoms with Gasteiger partial charge in [-0.3, -0.25) is 9.74 Å². The lowest BCUT2D eigenvalue weighted by Crippen LogP contribution is -2.63. The highest BCUT2D eigenvalue weighted by molar-refractivity contribution is 5.77. The second kappa shape index (κ2) is 11.0. The van der Waals surface area contributed by atoms with Gasteiger partial charge in [0.1, 0.15) is 23.5 Å². The maximum atomic E-state index is 13.6. The van der Waals surface area contributed by atoms with Crippen LogP contribution in [0.15, 0.2) is 40.9 Å². The second-order valence-corrected chi connectivity index (χ2v) is 14.5. The molecule has 12 heteroatoms. The number of carbonyl (C=O) groups excluding carboxylic acids is 3. The van der Waals surface area contributed by atoms with Gasteiger partial charge < -0.3 is 23.8 Å². The zero-order valence-electron chi connectivity index (χ0n) is 26.4. The maximum Gasteiger partial charge on any atom is 0.411 e. The molecule has 1 saturated carbocycles. The van der Waals surface area contributed by atoms with Crippen LogP contribution in [0, 0.1) is 5.41 Å². The highest BCUT2D eigenvalue weighted by Crippen LogP contribution is 2.61. The first-order valence-corrected chi connectivity index (χ1v) is 15.4. The van der Waals surface area contributed by atoms with Gasteiger partial charge in [0, 0.05) is 25.7 Å². The van der Waals surface area contributed by atoms with Crippen LogP contribution in [-0.2, 0) is 27.5 Å². The number of likely N-dealkylation sites (tertiary alicyclic amines) is 1. The van der Waals surface area contributed by atoms with Crippen LogP contribution in [0.3, 0.4) is 0 Å². The van der Waals surface area contributed by atoms with Crippen molar-refractivity contribution >= 4 is 18.2 Å². The SMILES string of the molecule is CC(C)(C)OC(=O)N1CC(N(Cc2cc([C@@H]3CC4(CC4)[C@H]4CN3C(=O)N4OCc3ccccc3)no2)C(=O)OC(C)(C)C)C1. The van der Waals surface area contributed by atoms with Gasteiger partial charge in [-0.1, -0.05) is 35.5 Å². The molecule has 1 aliphatic carbocycles. The fraction of sp³-hybridized carbons (Fsp3) is 0.625. The fourth-order valence-electron chi connectivity index (χ4n) is 6.28. The van der Waals surface area contributed by atoms with E-state index >= 15 is 0 Å². The maximum absolute atomic E-state index is 13.6. The Kier molecular flexibility index (Phi) is 7.54. The van der Waals surface area contributed by atoms with Crippen molar-refractivity contribution in [2.75, 3.05) is 19.6 Å². The molecule has 238 valence electrons. The molecular weight excluding hydrogens is 566 g/mol. The van der Waals surface area contributed by atoms with E-state index in [1.54, 1.807) is 14.9 Å². The Morgan fingerprint density at radius 1 is 1.02 bits per heavy atom. The number of hydrogen-bond acceptors (Lipinski definition) is 8. The summed E-state index contributed by atoms with van der Waals surface area (Å²) >= 11 is 0. The molecule has 3 saturated heterocycles. The van der Waals surface area contributed by atoms with Crippen LogP contribution >= 0.6 is 0 Å². The van der Waals surface area contributed by atoms with Gasteiger partial charge in [-0.25, -0.2) is 14.4 Å². The summed E-state index contributed by atoms with van der Waals surface area (Å²) in [5.41, 5.74) is 0.371. The minimum absolute atomic E-state index is 0.00271. The molecule has 1 spiro atoms. The van der Waals surface area contributed by atoms with E-state index in [9.17, 15) is 14.4 Å². The van der Waals surface area contributed by atoms with Crippen LogP contribution in [0.25, 0.3) is 0 Å². The van der Waals surface area contributed by atoms with Crippen molar-refractivity contribution in [3.8, 4) is 0 Å². The number of benzene rings is 1. The van der Waals surface area contributed by atoms with E-state index in [-0.39, 0.29) is 36.1 Å². The van der Waals surface area contributed by atoms with Gasteiger partial charge in [-0.2, -0.15) is 5.06 Å². The van der Waals surface area contributed by atoms with E-state index in [1.165, 1.54) is 0 Å². The molecule has 4 amide bonds. The van der Waals surface area contributed by atoms with E-state index in [1.807, 2.05) is 82.8 Å². The average molecular weight is 610 g/mol. The number of nitrogens with zero attached hydrogens (tertiary/aromatic N) is 5. The fourth-order valence-corrected chi connectivity index (χ4v) is 6.28. The van der Waals surface area contributed by atoms with Crippen LogP contribution in [0.1, 0.15) is 83.9 Å². The zero-order valence-corrected chi connectivity index (χ0v) is 26.4. The van der Waals surface area contributed by atoms with Crippen LogP contribution < -0.4 is 0 Å². The van der Waals surface area contributed by atoms with Crippen molar-refractivity contribution < 1.29 is 33.2 Å². The van der Waals surface area contributed by atoms with Crippen LogP contribution in [0.2, 0.25) is 0 Å². The summed E-state index contributed by atoms with van der Waals surface area (Å²) in [7, 11) is 0. The molecule has 1 aromatic heterocycles. The number of amides is 4. The third-order valence-corrected chi connectivity index (χ3v) is 8.70. The van der Waals surface area contributed by atoms with Gasteiger partial charge in [-0.15, -0.1) is 0 Å². The monoisotopic (exact) mass is 609 g/mol. The number of ether oxygens (including phenoxy) is 2. The third-order valence-electron chi connectivity index (χ3n) is 8.70. The zero-order chi connectivity index (χ0) is 31.4. The lowest BCUT2D eigenvalue weighted by Gasteiger charge is -2.44. The minimum atomic E-state index is -0.696. The molecule has 12 nitrogen and oxygen atoms in total. The van der Waals surface area contributed by atoms with Gasteiger partial charge in [-0.05, 0) is 71.8 Å². The summed E-state index contributed by atoms with van der Waals surface area (Å²) in [6.45, 7) is 12.6. The number of aromatic nitrogens is 1. The Balaban J connectivity index is 1.15. The largest absolute Gasteiger partial charge is 0.444 e. The summed E-state index contributed by atoms with van der Waals surface area (Å²) in [4.78, 5) is 50.5. The van der Waals surface area contributed by atoms with E-state index in [4.69, 9.17) is 18.8 Å². The molecule has 2 bridgehead atoms. The molecule has 4 fully saturated rings. The minimum Gasteiger partial charge on any atom is -0.444 e. The highest BCUT2D eigenvalue weighted by Gasteiger charge is 2.63. The predicted octanol–water partition coefficient (Wildman–Crippen LogP) is 5.49. The Bertz CT molecular complexity index is 1390. The average Bonchev–Trinajstić information content (AvgIpc) is 3.39. The highest BCUT2D eigenvalue weighted by atomic mass is 16.7. The summed E-state index contributed by atoms with van der Waals surface area (Å²) in [6.07, 6.45) is 1.94. The van der Waals surface area contributed by atoms with Crippen molar-refractivity contribution in [2.24, 2.45) is 5.41 Å². The Morgan fingerprint density at radius 3 is 2.34 bits per heavy atom. The van der Waals surface area contributed by atoms with Crippen LogP contribution in [-0.4, -0.2) is 86.1 Å². The number of urea groups is 1. The molecule has 4 aliphatic rings. The summed E-state index contributed by atoms with van der Waals surface area (Å²) in [6, 6.07) is 11.0. The number of piperidine rings is 1. The van der Waals surface area contributed by atoms with E-state index in [0.717, 1.165) is 24.8 Å². The Labute approximate surface area is 258 Å². The molecule has 0 unspecified atom stereocenters. The first kappa shape index (κ1) is 30.2. The van der Waals surface area contributed by atoms with Crippen molar-refractivity contribution in [2.45, 2.75) is 103 Å². The third kappa shape index (κ3) is 6.22.